The highest BCUT2D eigenvalue weighted by molar-refractivity contribution is 5.49. The summed E-state index contributed by atoms with van der Waals surface area (Å²) in [7, 11) is 1.71. The molecule has 2 nitrogen and oxygen atoms in total. The summed E-state index contributed by atoms with van der Waals surface area (Å²) in [6, 6.07) is 8.77. The van der Waals surface area contributed by atoms with E-state index in [0.717, 1.165) is 11.7 Å². The van der Waals surface area contributed by atoms with Gasteiger partial charge in [-0.15, -0.1) is 0 Å². The van der Waals surface area contributed by atoms with Crippen molar-refractivity contribution in [3.05, 3.63) is 24.3 Å². The molecule has 0 heterocycles. The quantitative estimate of drug-likeness (QED) is 0.854. The van der Waals surface area contributed by atoms with Crippen molar-refractivity contribution in [3.8, 4) is 5.75 Å². The number of hydrogen-bond acceptors (Lipinski definition) is 2. The van der Waals surface area contributed by atoms with Crippen molar-refractivity contribution in [2.24, 2.45) is 11.3 Å². The van der Waals surface area contributed by atoms with Gasteiger partial charge in [-0.2, -0.15) is 0 Å². The number of rotatable bonds is 3. The fraction of sp³-hybridized carbons (Fsp3) is 0.600. The van der Waals surface area contributed by atoms with Gasteiger partial charge in [0.25, 0.3) is 0 Å². The van der Waals surface area contributed by atoms with Gasteiger partial charge in [-0.3, -0.25) is 0 Å². The molecule has 1 saturated carbocycles. The maximum atomic E-state index is 5.25. The zero-order valence-electron chi connectivity index (χ0n) is 11.3. The minimum atomic E-state index is 0.468. The molecule has 2 unspecified atom stereocenters. The van der Waals surface area contributed by atoms with Crippen LogP contribution in [0, 0.1) is 11.3 Å². The van der Waals surface area contributed by atoms with Gasteiger partial charge in [-0.05, 0) is 36.3 Å². The van der Waals surface area contributed by atoms with E-state index >= 15 is 0 Å². The molecule has 0 radical (unpaired) electrons. The largest absolute Gasteiger partial charge is 0.497 e. The van der Waals surface area contributed by atoms with Crippen LogP contribution in [0.15, 0.2) is 24.3 Å². The normalized spacial score (nSPS) is 26.8. The third kappa shape index (κ3) is 2.93. The average Bonchev–Trinajstić information content (AvgIpc) is 2.52. The molecule has 1 fully saturated rings. The van der Waals surface area contributed by atoms with Gasteiger partial charge in [0.1, 0.15) is 5.75 Å². The van der Waals surface area contributed by atoms with Crippen LogP contribution in [0.5, 0.6) is 5.75 Å². The number of anilines is 1. The van der Waals surface area contributed by atoms with E-state index in [0.29, 0.717) is 11.5 Å². The molecule has 0 bridgehead atoms. The highest BCUT2D eigenvalue weighted by atomic mass is 16.5. The lowest BCUT2D eigenvalue weighted by Crippen LogP contribution is -2.22. The van der Waals surface area contributed by atoms with Crippen LogP contribution >= 0.6 is 0 Å². The van der Waals surface area contributed by atoms with Crippen LogP contribution in [-0.2, 0) is 0 Å². The summed E-state index contributed by atoms with van der Waals surface area (Å²) in [6.07, 6.45) is 2.54. The summed E-state index contributed by atoms with van der Waals surface area (Å²) < 4.78 is 5.25. The molecule has 0 aromatic heterocycles. The first-order chi connectivity index (χ1) is 8.00. The summed E-state index contributed by atoms with van der Waals surface area (Å²) in [6.45, 7) is 7.06. The Morgan fingerprint density at radius 3 is 2.65 bits per heavy atom. The van der Waals surface area contributed by atoms with Gasteiger partial charge < -0.3 is 10.1 Å². The lowest BCUT2D eigenvalue weighted by molar-refractivity contribution is 0.366. The van der Waals surface area contributed by atoms with E-state index in [2.05, 4.69) is 38.2 Å². The van der Waals surface area contributed by atoms with E-state index in [4.69, 9.17) is 4.74 Å². The minimum Gasteiger partial charge on any atom is -0.497 e. The monoisotopic (exact) mass is 233 g/mol. The average molecular weight is 233 g/mol. The second-order valence-corrected chi connectivity index (χ2v) is 6.03. The Bertz CT molecular complexity index is 386. The second kappa shape index (κ2) is 4.59. The molecule has 17 heavy (non-hydrogen) atoms. The summed E-state index contributed by atoms with van der Waals surface area (Å²) in [5.74, 6) is 1.65. The van der Waals surface area contributed by atoms with Crippen molar-refractivity contribution in [2.45, 2.75) is 39.7 Å². The van der Waals surface area contributed by atoms with Gasteiger partial charge in [0.05, 0.1) is 7.11 Å². The number of benzene rings is 1. The Kier molecular flexibility index (Phi) is 3.32. The van der Waals surface area contributed by atoms with Crippen LogP contribution in [0.3, 0.4) is 0 Å². The number of hydrogen-bond donors (Lipinski definition) is 1. The van der Waals surface area contributed by atoms with E-state index in [9.17, 15) is 0 Å². The fourth-order valence-electron chi connectivity index (χ4n) is 3.01. The Morgan fingerprint density at radius 1 is 1.29 bits per heavy atom. The molecule has 0 spiro atoms. The van der Waals surface area contributed by atoms with Crippen molar-refractivity contribution < 1.29 is 4.74 Å². The highest BCUT2D eigenvalue weighted by Gasteiger charge is 2.36. The molecular formula is C15H23NO. The Balaban J connectivity index is 2.06. The van der Waals surface area contributed by atoms with Gasteiger partial charge in [0.15, 0.2) is 0 Å². The summed E-state index contributed by atoms with van der Waals surface area (Å²) in [5, 5.41) is 3.64. The predicted molar refractivity (Wildman–Crippen MR) is 72.6 cm³/mol. The fourth-order valence-corrected chi connectivity index (χ4v) is 3.01. The van der Waals surface area contributed by atoms with E-state index in [-0.39, 0.29) is 0 Å². The van der Waals surface area contributed by atoms with Gasteiger partial charge in [-0.1, -0.05) is 26.8 Å². The van der Waals surface area contributed by atoms with Crippen LogP contribution in [0.2, 0.25) is 0 Å². The SMILES string of the molecule is COc1cccc(NC2CC(C)(C)CC2C)c1. The summed E-state index contributed by atoms with van der Waals surface area (Å²) >= 11 is 0. The molecule has 2 atom stereocenters. The van der Waals surface area contributed by atoms with E-state index in [1.807, 2.05) is 12.1 Å². The molecular weight excluding hydrogens is 210 g/mol. The topological polar surface area (TPSA) is 21.3 Å². The van der Waals surface area contributed by atoms with Crippen LogP contribution in [0.1, 0.15) is 33.6 Å². The van der Waals surface area contributed by atoms with Gasteiger partial charge >= 0.3 is 0 Å². The van der Waals surface area contributed by atoms with Crippen LogP contribution < -0.4 is 10.1 Å². The van der Waals surface area contributed by atoms with Crippen LogP contribution in [0.25, 0.3) is 0 Å². The number of ether oxygens (including phenoxy) is 1. The smallest absolute Gasteiger partial charge is 0.120 e. The first kappa shape index (κ1) is 12.3. The van der Waals surface area contributed by atoms with E-state index in [1.54, 1.807) is 7.11 Å². The van der Waals surface area contributed by atoms with Crippen molar-refractivity contribution >= 4 is 5.69 Å². The molecule has 0 aliphatic heterocycles. The Morgan fingerprint density at radius 2 is 2.06 bits per heavy atom. The molecule has 94 valence electrons. The van der Waals surface area contributed by atoms with Crippen LogP contribution in [0.4, 0.5) is 5.69 Å². The molecule has 1 N–H and O–H groups in total. The second-order valence-electron chi connectivity index (χ2n) is 6.03. The lowest BCUT2D eigenvalue weighted by Gasteiger charge is -2.20. The van der Waals surface area contributed by atoms with Crippen molar-refractivity contribution in [2.75, 3.05) is 12.4 Å². The molecule has 1 aliphatic carbocycles. The first-order valence-corrected chi connectivity index (χ1v) is 6.41. The zero-order valence-corrected chi connectivity index (χ0v) is 11.3. The van der Waals surface area contributed by atoms with Crippen LogP contribution in [-0.4, -0.2) is 13.2 Å². The van der Waals surface area contributed by atoms with E-state index in [1.165, 1.54) is 18.5 Å². The maximum Gasteiger partial charge on any atom is 0.120 e. The molecule has 0 saturated heterocycles. The molecule has 1 aromatic rings. The highest BCUT2D eigenvalue weighted by Crippen LogP contribution is 2.42. The summed E-state index contributed by atoms with van der Waals surface area (Å²) in [5.41, 5.74) is 1.63. The third-order valence-electron chi connectivity index (χ3n) is 3.76. The van der Waals surface area contributed by atoms with E-state index < -0.39 is 0 Å². The standard InChI is InChI=1S/C15H23NO/c1-11-9-15(2,3)10-14(11)16-12-6-5-7-13(8-12)17-4/h5-8,11,14,16H,9-10H2,1-4H3. The zero-order chi connectivity index (χ0) is 12.5. The number of nitrogens with one attached hydrogen (secondary N) is 1. The van der Waals surface area contributed by atoms with Gasteiger partial charge in [-0.25, -0.2) is 0 Å². The Hall–Kier alpha value is -1.18. The van der Waals surface area contributed by atoms with Crippen molar-refractivity contribution in [1.82, 2.24) is 0 Å². The van der Waals surface area contributed by atoms with Gasteiger partial charge in [0.2, 0.25) is 0 Å². The first-order valence-electron chi connectivity index (χ1n) is 6.41. The van der Waals surface area contributed by atoms with Crippen molar-refractivity contribution in [3.63, 3.8) is 0 Å². The molecule has 0 amide bonds. The molecule has 1 aromatic carbocycles. The predicted octanol–water partition coefficient (Wildman–Crippen LogP) is 3.93. The Labute approximate surface area is 104 Å². The van der Waals surface area contributed by atoms with Gasteiger partial charge in [0, 0.05) is 17.8 Å². The number of methoxy groups -OCH3 is 1. The molecule has 1 aliphatic rings. The third-order valence-corrected chi connectivity index (χ3v) is 3.76. The van der Waals surface area contributed by atoms with Crippen molar-refractivity contribution in [1.29, 1.82) is 0 Å². The minimum absolute atomic E-state index is 0.468. The maximum absolute atomic E-state index is 5.25. The summed E-state index contributed by atoms with van der Waals surface area (Å²) in [4.78, 5) is 0. The molecule has 2 heteroatoms. The lowest BCUT2D eigenvalue weighted by atomic mass is 9.91. The molecule has 2 rings (SSSR count).